The Hall–Kier alpha value is -3.03. The second-order valence-electron chi connectivity index (χ2n) is 4.70. The van der Waals surface area contributed by atoms with Crippen molar-refractivity contribution in [1.29, 1.82) is 0 Å². The number of carbonyl (C=O) groups is 1. The minimum absolute atomic E-state index is 0.125. The van der Waals surface area contributed by atoms with Crippen LogP contribution in [-0.4, -0.2) is 37.8 Å². The Morgan fingerprint density at radius 3 is 3.09 bits per heavy atom. The maximum absolute atomic E-state index is 12.1. The van der Waals surface area contributed by atoms with Crippen molar-refractivity contribution in [3.63, 3.8) is 0 Å². The molecule has 3 rings (SSSR count). The molecule has 8 heteroatoms. The SMILES string of the molecule is O=C(NCCCc1cnoc1)c1cccc(-n2cnnn2)c1. The van der Waals surface area contributed by atoms with Gasteiger partial charge in [-0.3, -0.25) is 4.79 Å². The first-order valence-corrected chi connectivity index (χ1v) is 6.83. The largest absolute Gasteiger partial charge is 0.364 e. The van der Waals surface area contributed by atoms with E-state index in [2.05, 4.69) is 26.0 Å². The van der Waals surface area contributed by atoms with Crippen LogP contribution >= 0.6 is 0 Å². The molecule has 0 aliphatic rings. The zero-order valence-corrected chi connectivity index (χ0v) is 11.7. The molecule has 0 fully saturated rings. The molecule has 0 radical (unpaired) electrons. The zero-order chi connectivity index (χ0) is 15.2. The summed E-state index contributed by atoms with van der Waals surface area (Å²) in [5, 5.41) is 17.5. The molecular weight excluding hydrogens is 284 g/mol. The van der Waals surface area contributed by atoms with Crippen LogP contribution < -0.4 is 5.32 Å². The van der Waals surface area contributed by atoms with Crippen LogP contribution in [0.2, 0.25) is 0 Å². The average molecular weight is 298 g/mol. The lowest BCUT2D eigenvalue weighted by atomic mass is 10.1. The van der Waals surface area contributed by atoms with E-state index < -0.39 is 0 Å². The monoisotopic (exact) mass is 298 g/mol. The van der Waals surface area contributed by atoms with Crippen molar-refractivity contribution >= 4 is 5.91 Å². The second-order valence-corrected chi connectivity index (χ2v) is 4.70. The minimum Gasteiger partial charge on any atom is -0.364 e. The van der Waals surface area contributed by atoms with Crippen molar-refractivity contribution in [2.24, 2.45) is 0 Å². The third-order valence-corrected chi connectivity index (χ3v) is 3.13. The fourth-order valence-electron chi connectivity index (χ4n) is 2.02. The van der Waals surface area contributed by atoms with Crippen molar-refractivity contribution in [3.8, 4) is 5.69 Å². The second kappa shape index (κ2) is 6.61. The third kappa shape index (κ3) is 3.35. The van der Waals surface area contributed by atoms with Gasteiger partial charge in [0.2, 0.25) is 0 Å². The first kappa shape index (κ1) is 13.9. The lowest BCUT2D eigenvalue weighted by Crippen LogP contribution is -2.24. The summed E-state index contributed by atoms with van der Waals surface area (Å²) in [4.78, 5) is 12.1. The molecule has 3 aromatic rings. The molecule has 0 spiro atoms. The predicted molar refractivity (Wildman–Crippen MR) is 76.3 cm³/mol. The molecule has 0 unspecified atom stereocenters. The molecule has 22 heavy (non-hydrogen) atoms. The number of rotatable bonds is 6. The van der Waals surface area contributed by atoms with Crippen LogP contribution in [0.25, 0.3) is 5.69 Å². The number of aryl methyl sites for hydroxylation is 1. The van der Waals surface area contributed by atoms with E-state index in [-0.39, 0.29) is 5.91 Å². The van der Waals surface area contributed by atoms with Crippen molar-refractivity contribution in [2.75, 3.05) is 6.54 Å². The van der Waals surface area contributed by atoms with E-state index in [0.717, 1.165) is 24.1 Å². The highest BCUT2D eigenvalue weighted by Crippen LogP contribution is 2.08. The van der Waals surface area contributed by atoms with Gasteiger partial charge in [0.1, 0.15) is 12.6 Å². The Kier molecular flexibility index (Phi) is 4.19. The number of hydrogen-bond donors (Lipinski definition) is 1. The number of tetrazole rings is 1. The van der Waals surface area contributed by atoms with Gasteiger partial charge in [-0.2, -0.15) is 0 Å². The Bertz CT molecular complexity index is 724. The molecule has 8 nitrogen and oxygen atoms in total. The van der Waals surface area contributed by atoms with Crippen LogP contribution in [0.5, 0.6) is 0 Å². The fraction of sp³-hybridized carbons (Fsp3) is 0.214. The van der Waals surface area contributed by atoms with Gasteiger partial charge in [-0.05, 0) is 41.5 Å². The highest BCUT2D eigenvalue weighted by molar-refractivity contribution is 5.94. The molecule has 2 aromatic heterocycles. The van der Waals surface area contributed by atoms with Crippen LogP contribution in [0.1, 0.15) is 22.3 Å². The van der Waals surface area contributed by atoms with Gasteiger partial charge < -0.3 is 9.84 Å². The summed E-state index contributed by atoms with van der Waals surface area (Å²) < 4.78 is 6.26. The summed E-state index contributed by atoms with van der Waals surface area (Å²) >= 11 is 0. The lowest BCUT2D eigenvalue weighted by Gasteiger charge is -2.06. The minimum atomic E-state index is -0.125. The molecule has 1 N–H and O–H groups in total. The van der Waals surface area contributed by atoms with Gasteiger partial charge in [0.25, 0.3) is 5.91 Å². The van der Waals surface area contributed by atoms with Gasteiger partial charge in [-0.1, -0.05) is 11.2 Å². The molecule has 0 saturated heterocycles. The molecule has 2 heterocycles. The third-order valence-electron chi connectivity index (χ3n) is 3.13. The Labute approximate surface area is 126 Å². The summed E-state index contributed by atoms with van der Waals surface area (Å²) in [6, 6.07) is 7.12. The summed E-state index contributed by atoms with van der Waals surface area (Å²) in [7, 11) is 0. The average Bonchev–Trinajstić information content (AvgIpc) is 3.24. The van der Waals surface area contributed by atoms with E-state index >= 15 is 0 Å². The smallest absolute Gasteiger partial charge is 0.251 e. The van der Waals surface area contributed by atoms with Crippen LogP contribution in [0.3, 0.4) is 0 Å². The Balaban J connectivity index is 1.55. The molecule has 0 saturated carbocycles. The summed E-state index contributed by atoms with van der Waals surface area (Å²) in [5.41, 5.74) is 2.33. The van der Waals surface area contributed by atoms with Gasteiger partial charge in [0.15, 0.2) is 0 Å². The molecule has 0 aliphatic heterocycles. The normalized spacial score (nSPS) is 10.5. The molecule has 1 aromatic carbocycles. The molecule has 1 amide bonds. The number of nitrogens with one attached hydrogen (secondary N) is 1. The summed E-state index contributed by atoms with van der Waals surface area (Å²) in [6.45, 7) is 0.582. The lowest BCUT2D eigenvalue weighted by molar-refractivity contribution is 0.0953. The molecule has 112 valence electrons. The number of carbonyl (C=O) groups excluding carboxylic acids is 1. The van der Waals surface area contributed by atoms with Gasteiger partial charge >= 0.3 is 0 Å². The van der Waals surface area contributed by atoms with Crippen LogP contribution in [0, 0.1) is 0 Å². The summed E-state index contributed by atoms with van der Waals surface area (Å²) in [6.07, 6.45) is 6.40. The first-order valence-electron chi connectivity index (χ1n) is 6.83. The zero-order valence-electron chi connectivity index (χ0n) is 11.7. The van der Waals surface area contributed by atoms with E-state index in [1.165, 1.54) is 11.0 Å². The van der Waals surface area contributed by atoms with Crippen molar-refractivity contribution in [3.05, 3.63) is 54.2 Å². The van der Waals surface area contributed by atoms with E-state index in [1.54, 1.807) is 30.7 Å². The highest BCUT2D eigenvalue weighted by atomic mass is 16.5. The highest BCUT2D eigenvalue weighted by Gasteiger charge is 2.07. The van der Waals surface area contributed by atoms with Crippen LogP contribution in [0.4, 0.5) is 0 Å². The number of aromatic nitrogens is 5. The van der Waals surface area contributed by atoms with Gasteiger partial charge in [0, 0.05) is 17.7 Å². The molecule has 0 atom stereocenters. The quantitative estimate of drug-likeness (QED) is 0.682. The van der Waals surface area contributed by atoms with Crippen molar-refractivity contribution < 1.29 is 9.32 Å². The maximum atomic E-state index is 12.1. The van der Waals surface area contributed by atoms with E-state index in [4.69, 9.17) is 4.52 Å². The van der Waals surface area contributed by atoms with Gasteiger partial charge in [-0.15, -0.1) is 5.10 Å². The van der Waals surface area contributed by atoms with E-state index in [1.807, 2.05) is 6.07 Å². The van der Waals surface area contributed by atoms with Crippen LogP contribution in [0.15, 0.2) is 47.6 Å². The van der Waals surface area contributed by atoms with E-state index in [0.29, 0.717) is 12.1 Å². The Morgan fingerprint density at radius 2 is 2.32 bits per heavy atom. The molecule has 0 bridgehead atoms. The topological polar surface area (TPSA) is 98.7 Å². The number of nitrogens with zero attached hydrogens (tertiary/aromatic N) is 5. The van der Waals surface area contributed by atoms with E-state index in [9.17, 15) is 4.79 Å². The Morgan fingerprint density at radius 1 is 1.36 bits per heavy atom. The maximum Gasteiger partial charge on any atom is 0.251 e. The van der Waals surface area contributed by atoms with Gasteiger partial charge in [0.05, 0.1) is 11.9 Å². The first-order chi connectivity index (χ1) is 10.8. The number of amides is 1. The van der Waals surface area contributed by atoms with Crippen LogP contribution in [-0.2, 0) is 6.42 Å². The summed E-state index contributed by atoms with van der Waals surface area (Å²) in [5.74, 6) is -0.125. The standard InChI is InChI=1S/C14H14N6O2/c21-14(15-6-2-3-11-8-17-22-9-11)12-4-1-5-13(7-12)20-10-16-18-19-20/h1,4-5,7-10H,2-3,6H2,(H,15,21). The van der Waals surface area contributed by atoms with Crippen molar-refractivity contribution in [2.45, 2.75) is 12.8 Å². The molecule has 0 aliphatic carbocycles. The fourth-order valence-corrected chi connectivity index (χ4v) is 2.02. The number of benzene rings is 1. The van der Waals surface area contributed by atoms with Crippen molar-refractivity contribution in [1.82, 2.24) is 30.7 Å². The number of hydrogen-bond acceptors (Lipinski definition) is 6. The van der Waals surface area contributed by atoms with Gasteiger partial charge in [-0.25, -0.2) is 4.68 Å². The predicted octanol–water partition coefficient (Wildman–Crippen LogP) is 1.01. The molecular formula is C14H14N6O2.